The number of nitrogens with one attached hydrogen (secondary N) is 2. The zero-order chi connectivity index (χ0) is 21.6. The molecule has 0 fully saturated rings. The van der Waals surface area contributed by atoms with Gasteiger partial charge in [0.05, 0.1) is 11.7 Å². The van der Waals surface area contributed by atoms with E-state index < -0.39 is 17.8 Å². The molecule has 0 saturated carbocycles. The average Bonchev–Trinajstić information content (AvgIpc) is 2.89. The molecule has 1 atom stereocenters. The molecule has 6 nitrogen and oxygen atoms in total. The van der Waals surface area contributed by atoms with Crippen LogP contribution in [0.1, 0.15) is 43.9 Å². The second kappa shape index (κ2) is 9.48. The molecule has 0 spiro atoms. The minimum Gasteiger partial charge on any atom is -0.445 e. The van der Waals surface area contributed by atoms with Gasteiger partial charge < -0.3 is 14.8 Å². The fourth-order valence-electron chi connectivity index (χ4n) is 3.21. The lowest BCUT2D eigenvalue weighted by Gasteiger charge is -2.20. The second-order valence-electron chi connectivity index (χ2n) is 8.22. The SMILES string of the molecule is CC(C)(C)OC(=O)Nc1cccc2c1C=CC(NC(=O)OCc1ccccc1)CC2. The zero-order valence-corrected chi connectivity index (χ0v) is 17.6. The first-order valence-electron chi connectivity index (χ1n) is 10.1. The topological polar surface area (TPSA) is 76.7 Å². The fourth-order valence-corrected chi connectivity index (χ4v) is 3.21. The highest BCUT2D eigenvalue weighted by atomic mass is 16.6. The first-order chi connectivity index (χ1) is 14.3. The van der Waals surface area contributed by atoms with Crippen molar-refractivity contribution < 1.29 is 19.1 Å². The number of benzene rings is 2. The van der Waals surface area contributed by atoms with Crippen molar-refractivity contribution >= 4 is 23.9 Å². The summed E-state index contributed by atoms with van der Waals surface area (Å²) in [6.45, 7) is 5.70. The number of ether oxygens (including phenoxy) is 2. The van der Waals surface area contributed by atoms with Crippen molar-refractivity contribution in [1.82, 2.24) is 5.32 Å². The molecule has 2 aromatic carbocycles. The van der Waals surface area contributed by atoms with E-state index in [4.69, 9.17) is 9.47 Å². The summed E-state index contributed by atoms with van der Waals surface area (Å²) in [5.41, 5.74) is 3.08. The molecular weight excluding hydrogens is 380 g/mol. The summed E-state index contributed by atoms with van der Waals surface area (Å²) in [6, 6.07) is 15.2. The van der Waals surface area contributed by atoms with Crippen LogP contribution < -0.4 is 10.6 Å². The summed E-state index contributed by atoms with van der Waals surface area (Å²) in [5, 5.41) is 5.72. The van der Waals surface area contributed by atoms with E-state index in [2.05, 4.69) is 10.6 Å². The van der Waals surface area contributed by atoms with Crippen molar-refractivity contribution in [2.24, 2.45) is 0 Å². The number of rotatable bonds is 4. The molecule has 158 valence electrons. The van der Waals surface area contributed by atoms with Gasteiger partial charge in [-0.1, -0.05) is 54.6 Å². The molecule has 0 radical (unpaired) electrons. The van der Waals surface area contributed by atoms with Crippen molar-refractivity contribution in [1.29, 1.82) is 0 Å². The smallest absolute Gasteiger partial charge is 0.412 e. The zero-order valence-electron chi connectivity index (χ0n) is 17.6. The number of carbonyl (C=O) groups is 2. The van der Waals surface area contributed by atoms with Gasteiger partial charge in [0.25, 0.3) is 0 Å². The van der Waals surface area contributed by atoms with Crippen LogP contribution in [0.15, 0.2) is 54.6 Å². The monoisotopic (exact) mass is 408 g/mol. The van der Waals surface area contributed by atoms with Crippen LogP contribution in [0.5, 0.6) is 0 Å². The molecular formula is C24H28N2O4. The lowest BCUT2D eigenvalue weighted by atomic mass is 10.0. The number of aryl methyl sites for hydroxylation is 1. The Labute approximate surface area is 177 Å². The third-order valence-electron chi connectivity index (χ3n) is 4.57. The van der Waals surface area contributed by atoms with Crippen LogP contribution in [0.25, 0.3) is 6.08 Å². The normalized spacial score (nSPS) is 15.5. The van der Waals surface area contributed by atoms with Gasteiger partial charge in [0.2, 0.25) is 0 Å². The van der Waals surface area contributed by atoms with Crippen LogP contribution in [0, 0.1) is 0 Å². The maximum Gasteiger partial charge on any atom is 0.412 e. The minimum atomic E-state index is -0.569. The number of hydrogen-bond donors (Lipinski definition) is 2. The maximum atomic E-state index is 12.2. The molecule has 6 heteroatoms. The lowest BCUT2D eigenvalue weighted by molar-refractivity contribution is 0.0636. The number of amides is 2. The number of alkyl carbamates (subject to hydrolysis) is 1. The van der Waals surface area contributed by atoms with Gasteiger partial charge in [-0.25, -0.2) is 9.59 Å². The summed E-state index contributed by atoms with van der Waals surface area (Å²) >= 11 is 0. The summed E-state index contributed by atoms with van der Waals surface area (Å²) in [4.78, 5) is 24.3. The highest BCUT2D eigenvalue weighted by Gasteiger charge is 2.20. The molecule has 0 saturated heterocycles. The Morgan fingerprint density at radius 3 is 2.53 bits per heavy atom. The van der Waals surface area contributed by atoms with Gasteiger partial charge in [0.1, 0.15) is 12.2 Å². The predicted molar refractivity (Wildman–Crippen MR) is 117 cm³/mol. The summed E-state index contributed by atoms with van der Waals surface area (Å²) < 4.78 is 10.7. The highest BCUT2D eigenvalue weighted by molar-refractivity contribution is 5.89. The Balaban J connectivity index is 1.61. The average molecular weight is 408 g/mol. The molecule has 2 aromatic rings. The summed E-state index contributed by atoms with van der Waals surface area (Å²) in [7, 11) is 0. The molecule has 30 heavy (non-hydrogen) atoms. The van der Waals surface area contributed by atoms with Gasteiger partial charge in [0.15, 0.2) is 0 Å². The molecule has 2 amide bonds. The van der Waals surface area contributed by atoms with Crippen LogP contribution in [0.3, 0.4) is 0 Å². The maximum absolute atomic E-state index is 12.2. The molecule has 0 aliphatic heterocycles. The van der Waals surface area contributed by atoms with Crippen LogP contribution in [0.2, 0.25) is 0 Å². The van der Waals surface area contributed by atoms with Crippen LogP contribution in [-0.4, -0.2) is 23.8 Å². The van der Waals surface area contributed by atoms with Crippen LogP contribution in [0.4, 0.5) is 15.3 Å². The molecule has 2 N–H and O–H groups in total. The molecule has 0 aromatic heterocycles. The number of anilines is 1. The largest absolute Gasteiger partial charge is 0.445 e. The van der Waals surface area contributed by atoms with E-state index in [-0.39, 0.29) is 12.6 Å². The van der Waals surface area contributed by atoms with Gasteiger partial charge >= 0.3 is 12.2 Å². The number of carbonyl (C=O) groups excluding carboxylic acids is 2. The molecule has 0 bridgehead atoms. The van der Waals surface area contributed by atoms with Crippen molar-refractivity contribution in [2.45, 2.75) is 51.9 Å². The van der Waals surface area contributed by atoms with E-state index >= 15 is 0 Å². The van der Waals surface area contributed by atoms with Crippen molar-refractivity contribution in [2.75, 3.05) is 5.32 Å². The van der Waals surface area contributed by atoms with Gasteiger partial charge in [-0.15, -0.1) is 0 Å². The van der Waals surface area contributed by atoms with Crippen molar-refractivity contribution in [3.05, 3.63) is 71.3 Å². The van der Waals surface area contributed by atoms with Crippen molar-refractivity contribution in [3.63, 3.8) is 0 Å². The van der Waals surface area contributed by atoms with Crippen LogP contribution in [-0.2, 0) is 22.5 Å². The van der Waals surface area contributed by atoms with Crippen molar-refractivity contribution in [3.8, 4) is 0 Å². The third kappa shape index (κ3) is 6.37. The van der Waals surface area contributed by atoms with E-state index in [1.165, 1.54) is 0 Å². The molecule has 0 heterocycles. The van der Waals surface area contributed by atoms with Gasteiger partial charge in [-0.2, -0.15) is 0 Å². The predicted octanol–water partition coefficient (Wildman–Crippen LogP) is 5.29. The minimum absolute atomic E-state index is 0.157. The molecule has 1 aliphatic carbocycles. The Bertz CT molecular complexity index is 917. The highest BCUT2D eigenvalue weighted by Crippen LogP contribution is 2.27. The van der Waals surface area contributed by atoms with Crippen LogP contribution >= 0.6 is 0 Å². The Morgan fingerprint density at radius 1 is 1.03 bits per heavy atom. The first kappa shape index (κ1) is 21.4. The second-order valence-corrected chi connectivity index (χ2v) is 8.22. The van der Waals surface area contributed by atoms with E-state index in [0.717, 1.165) is 29.5 Å². The van der Waals surface area contributed by atoms with Gasteiger partial charge in [-0.3, -0.25) is 5.32 Å². The summed E-state index contributed by atoms with van der Waals surface area (Å²) in [5.74, 6) is 0. The number of fused-ring (bicyclic) bond motifs is 1. The molecule has 3 rings (SSSR count). The third-order valence-corrected chi connectivity index (χ3v) is 4.57. The van der Waals surface area contributed by atoms with E-state index in [1.807, 2.05) is 81.5 Å². The number of hydrogen-bond acceptors (Lipinski definition) is 4. The van der Waals surface area contributed by atoms with E-state index in [1.54, 1.807) is 0 Å². The van der Waals surface area contributed by atoms with E-state index in [9.17, 15) is 9.59 Å². The lowest BCUT2D eigenvalue weighted by Crippen LogP contribution is -2.33. The first-order valence-corrected chi connectivity index (χ1v) is 10.1. The molecule has 1 unspecified atom stereocenters. The van der Waals surface area contributed by atoms with Gasteiger partial charge in [0, 0.05) is 5.56 Å². The quantitative estimate of drug-likeness (QED) is 0.721. The summed E-state index contributed by atoms with van der Waals surface area (Å²) in [6.07, 6.45) is 4.40. The Morgan fingerprint density at radius 2 is 1.80 bits per heavy atom. The Hall–Kier alpha value is -3.28. The fraction of sp³-hybridized carbons (Fsp3) is 0.333. The van der Waals surface area contributed by atoms with E-state index in [0.29, 0.717) is 5.69 Å². The van der Waals surface area contributed by atoms with Gasteiger partial charge in [-0.05, 0) is 50.8 Å². The Kier molecular flexibility index (Phi) is 6.77. The standard InChI is InChI=1S/C24H28N2O4/c1-24(2,3)30-23(28)26-21-11-7-10-18-12-13-19(14-15-20(18)21)25-22(27)29-16-17-8-5-4-6-9-17/h4-11,14-15,19H,12-13,16H2,1-3H3,(H,25,27)(H,26,28). The molecule has 1 aliphatic rings.